The van der Waals surface area contributed by atoms with Crippen LogP contribution in [0.15, 0.2) is 38.4 Å². The Labute approximate surface area is 124 Å². The highest BCUT2D eigenvalue weighted by atomic mass is 16.4. The fourth-order valence-corrected chi connectivity index (χ4v) is 2.60. The minimum absolute atomic E-state index is 0.199. The lowest BCUT2D eigenvalue weighted by atomic mass is 10.0. The molecule has 0 spiro atoms. The summed E-state index contributed by atoms with van der Waals surface area (Å²) >= 11 is 0. The third-order valence-corrected chi connectivity index (χ3v) is 3.56. The van der Waals surface area contributed by atoms with Crippen LogP contribution in [0.5, 0.6) is 0 Å². The van der Waals surface area contributed by atoms with Crippen molar-refractivity contribution >= 4 is 27.8 Å². The number of carboxylic acid groups (broad SMARTS) is 1. The second kappa shape index (κ2) is 5.14. The molecule has 3 aromatic rings. The van der Waals surface area contributed by atoms with Crippen LogP contribution in [-0.4, -0.2) is 16.1 Å². The third kappa shape index (κ3) is 2.09. The number of nitrogens with one attached hydrogen (secondary N) is 1. The van der Waals surface area contributed by atoms with Crippen LogP contribution in [0.3, 0.4) is 0 Å². The van der Waals surface area contributed by atoms with Crippen LogP contribution in [0, 0.1) is 0 Å². The van der Waals surface area contributed by atoms with Gasteiger partial charge in [-0.2, -0.15) is 0 Å². The van der Waals surface area contributed by atoms with Crippen LogP contribution in [0.1, 0.15) is 29.5 Å². The first-order valence-corrected chi connectivity index (χ1v) is 6.87. The topological polar surface area (TPSA) is 100 Å². The van der Waals surface area contributed by atoms with Crippen molar-refractivity contribution in [2.75, 3.05) is 0 Å². The average Bonchev–Trinajstić information content (AvgIpc) is 2.48. The molecule has 2 N–H and O–H groups in total. The number of benzene rings is 1. The van der Waals surface area contributed by atoms with Crippen molar-refractivity contribution in [2.45, 2.75) is 19.8 Å². The maximum absolute atomic E-state index is 12.2. The van der Waals surface area contributed by atoms with Crippen molar-refractivity contribution in [3.63, 3.8) is 0 Å². The fourth-order valence-electron chi connectivity index (χ4n) is 2.60. The van der Waals surface area contributed by atoms with E-state index in [9.17, 15) is 14.4 Å². The molecule has 2 heterocycles. The van der Waals surface area contributed by atoms with Gasteiger partial charge in [-0.15, -0.1) is 0 Å². The molecule has 0 bridgehead atoms. The summed E-state index contributed by atoms with van der Waals surface area (Å²) in [5.74, 6) is -1.71. The number of aromatic amines is 1. The van der Waals surface area contributed by atoms with E-state index in [0.29, 0.717) is 22.9 Å². The largest absolute Gasteiger partial charge is 0.475 e. The van der Waals surface area contributed by atoms with E-state index in [1.54, 1.807) is 0 Å². The van der Waals surface area contributed by atoms with Crippen LogP contribution in [0.2, 0.25) is 0 Å². The van der Waals surface area contributed by atoms with Gasteiger partial charge in [0.15, 0.2) is 10.9 Å². The molecule has 6 heteroatoms. The van der Waals surface area contributed by atoms with Gasteiger partial charge in [-0.05, 0) is 12.5 Å². The molecule has 0 radical (unpaired) electrons. The Balaban J connectivity index is 2.57. The molecule has 0 saturated heterocycles. The zero-order valence-electron chi connectivity index (χ0n) is 11.8. The maximum Gasteiger partial charge on any atom is 0.371 e. The number of hydrogen-bond acceptors (Lipinski definition) is 4. The number of aromatic nitrogens is 1. The van der Waals surface area contributed by atoms with Crippen molar-refractivity contribution in [1.82, 2.24) is 4.98 Å². The third-order valence-electron chi connectivity index (χ3n) is 3.56. The summed E-state index contributed by atoms with van der Waals surface area (Å²) < 4.78 is 5.41. The minimum Gasteiger partial charge on any atom is -0.475 e. The number of hydrogen-bond donors (Lipinski definition) is 2. The molecular formula is C16H13NO5. The van der Waals surface area contributed by atoms with Gasteiger partial charge in [0, 0.05) is 29.3 Å². The van der Waals surface area contributed by atoms with Crippen molar-refractivity contribution in [3.8, 4) is 0 Å². The Morgan fingerprint density at radius 1 is 1.23 bits per heavy atom. The lowest BCUT2D eigenvalue weighted by Crippen LogP contribution is -2.10. The Kier molecular flexibility index (Phi) is 3.29. The standard InChI is InChI=1S/C16H13NO5/c1-2-3-8-14-9(11(18)4-5-17-14)6-10-12(19)7-13(16(20)21)22-15(8)10/h4-7H,2-3H2,1H3,(H,17,18)(H,20,21). The average molecular weight is 299 g/mol. The highest BCUT2D eigenvalue weighted by Crippen LogP contribution is 2.25. The molecule has 0 aliphatic carbocycles. The van der Waals surface area contributed by atoms with Crippen LogP contribution in [0.4, 0.5) is 0 Å². The van der Waals surface area contributed by atoms with Gasteiger partial charge < -0.3 is 14.5 Å². The summed E-state index contributed by atoms with van der Waals surface area (Å²) in [6.45, 7) is 1.95. The number of aromatic carboxylic acids is 1. The summed E-state index contributed by atoms with van der Waals surface area (Å²) in [7, 11) is 0. The second-order valence-electron chi connectivity index (χ2n) is 5.03. The van der Waals surface area contributed by atoms with E-state index >= 15 is 0 Å². The first kappa shape index (κ1) is 14.1. The smallest absolute Gasteiger partial charge is 0.371 e. The molecule has 22 heavy (non-hydrogen) atoms. The normalized spacial score (nSPS) is 11.1. The van der Waals surface area contributed by atoms with Gasteiger partial charge in [0.25, 0.3) is 0 Å². The predicted molar refractivity (Wildman–Crippen MR) is 81.6 cm³/mol. The molecule has 0 saturated carbocycles. The number of rotatable bonds is 3. The van der Waals surface area contributed by atoms with E-state index in [0.717, 1.165) is 12.5 Å². The van der Waals surface area contributed by atoms with Crippen molar-refractivity contribution in [2.24, 2.45) is 0 Å². The van der Waals surface area contributed by atoms with E-state index in [2.05, 4.69) is 4.98 Å². The van der Waals surface area contributed by atoms with E-state index in [4.69, 9.17) is 9.52 Å². The highest BCUT2D eigenvalue weighted by Gasteiger charge is 2.17. The first-order chi connectivity index (χ1) is 10.5. The van der Waals surface area contributed by atoms with Gasteiger partial charge in [-0.25, -0.2) is 4.79 Å². The summed E-state index contributed by atoms with van der Waals surface area (Å²) in [5, 5.41) is 9.67. The fraction of sp³-hybridized carbons (Fsp3) is 0.188. The van der Waals surface area contributed by atoms with Crippen LogP contribution < -0.4 is 10.9 Å². The summed E-state index contributed by atoms with van der Waals surface area (Å²) in [6, 6.07) is 3.78. The van der Waals surface area contributed by atoms with Gasteiger partial charge >= 0.3 is 5.97 Å². The van der Waals surface area contributed by atoms with Crippen LogP contribution in [-0.2, 0) is 6.42 Å². The molecular weight excluding hydrogens is 286 g/mol. The molecule has 0 aliphatic heterocycles. The summed E-state index contributed by atoms with van der Waals surface area (Å²) in [6.07, 6.45) is 2.83. The molecule has 1 aromatic carbocycles. The number of H-pyrrole nitrogens is 1. The molecule has 0 aliphatic rings. The lowest BCUT2D eigenvalue weighted by molar-refractivity contribution is 0.0663. The maximum atomic E-state index is 12.2. The molecule has 0 fully saturated rings. The second-order valence-corrected chi connectivity index (χ2v) is 5.03. The Bertz CT molecular complexity index is 1010. The molecule has 112 valence electrons. The molecule has 0 amide bonds. The number of fused-ring (bicyclic) bond motifs is 2. The Morgan fingerprint density at radius 3 is 2.68 bits per heavy atom. The zero-order chi connectivity index (χ0) is 15.9. The van der Waals surface area contributed by atoms with Gasteiger partial charge in [-0.3, -0.25) is 9.59 Å². The SMILES string of the molecule is CCCc1c2[nH]ccc(=O)c2cc2c(=O)cc(C(=O)O)oc12. The zero-order valence-corrected chi connectivity index (χ0v) is 11.8. The van der Waals surface area contributed by atoms with E-state index in [-0.39, 0.29) is 16.4 Å². The van der Waals surface area contributed by atoms with E-state index < -0.39 is 17.2 Å². The van der Waals surface area contributed by atoms with Crippen molar-refractivity contribution in [3.05, 3.63) is 56.2 Å². The number of pyridine rings is 1. The summed E-state index contributed by atoms with van der Waals surface area (Å²) in [4.78, 5) is 38.3. The molecule has 3 rings (SSSR count). The van der Waals surface area contributed by atoms with Crippen LogP contribution >= 0.6 is 0 Å². The minimum atomic E-state index is -1.30. The molecule has 0 unspecified atom stereocenters. The number of aryl methyl sites for hydroxylation is 1. The quantitative estimate of drug-likeness (QED) is 0.723. The molecule has 0 atom stereocenters. The monoisotopic (exact) mass is 299 g/mol. The number of carbonyl (C=O) groups is 1. The van der Waals surface area contributed by atoms with Crippen molar-refractivity contribution in [1.29, 1.82) is 0 Å². The number of carboxylic acids is 1. The Hall–Kier alpha value is -2.89. The molecule has 2 aromatic heterocycles. The van der Waals surface area contributed by atoms with Gasteiger partial charge in [-0.1, -0.05) is 13.3 Å². The summed E-state index contributed by atoms with van der Waals surface area (Å²) in [5.41, 5.74) is 0.775. The lowest BCUT2D eigenvalue weighted by Gasteiger charge is -2.09. The van der Waals surface area contributed by atoms with Gasteiger partial charge in [0.1, 0.15) is 5.58 Å². The van der Waals surface area contributed by atoms with Gasteiger partial charge in [0.2, 0.25) is 5.76 Å². The molecule has 6 nitrogen and oxygen atoms in total. The van der Waals surface area contributed by atoms with E-state index in [1.165, 1.54) is 18.3 Å². The van der Waals surface area contributed by atoms with E-state index in [1.807, 2.05) is 6.92 Å². The van der Waals surface area contributed by atoms with Crippen LogP contribution in [0.25, 0.3) is 21.9 Å². The van der Waals surface area contributed by atoms with Crippen molar-refractivity contribution < 1.29 is 14.3 Å². The predicted octanol–water partition coefficient (Wildman–Crippen LogP) is 2.29. The van der Waals surface area contributed by atoms with Gasteiger partial charge in [0.05, 0.1) is 10.9 Å². The highest BCUT2D eigenvalue weighted by molar-refractivity contribution is 5.98. The Morgan fingerprint density at radius 2 is 2.00 bits per heavy atom. The first-order valence-electron chi connectivity index (χ1n) is 6.87.